The van der Waals surface area contributed by atoms with Gasteiger partial charge in [-0.2, -0.15) is 0 Å². The molecule has 0 radical (unpaired) electrons. The average molecular weight is 294 g/mol. The van der Waals surface area contributed by atoms with E-state index in [-0.39, 0.29) is 0 Å². The van der Waals surface area contributed by atoms with Crippen molar-refractivity contribution in [3.8, 4) is 0 Å². The molecule has 1 saturated carbocycles. The van der Waals surface area contributed by atoms with E-state index in [0.29, 0.717) is 17.5 Å². The van der Waals surface area contributed by atoms with Gasteiger partial charge < -0.3 is 10.6 Å². The molecule has 4 nitrogen and oxygen atoms in total. The van der Waals surface area contributed by atoms with E-state index in [1.165, 1.54) is 38.6 Å². The average Bonchev–Trinajstić information content (AvgIpc) is 3.16. The second-order valence-corrected chi connectivity index (χ2v) is 8.02. The smallest absolute Gasteiger partial charge is 0.191 e. The molecule has 21 heavy (non-hydrogen) atoms. The van der Waals surface area contributed by atoms with Crippen molar-refractivity contribution in [3.63, 3.8) is 0 Å². The van der Waals surface area contributed by atoms with Crippen LogP contribution in [-0.2, 0) is 0 Å². The summed E-state index contributed by atoms with van der Waals surface area (Å²) in [7, 11) is 1.87. The number of guanidine groups is 1. The van der Waals surface area contributed by atoms with Gasteiger partial charge in [0, 0.05) is 38.3 Å². The zero-order chi connectivity index (χ0) is 15.5. The lowest BCUT2D eigenvalue weighted by molar-refractivity contribution is 0.256. The van der Waals surface area contributed by atoms with Gasteiger partial charge in [-0.3, -0.25) is 9.89 Å². The van der Waals surface area contributed by atoms with E-state index in [1.54, 1.807) is 0 Å². The van der Waals surface area contributed by atoms with Crippen LogP contribution in [0, 0.1) is 5.41 Å². The molecular formula is C17H34N4. The fourth-order valence-corrected chi connectivity index (χ4v) is 3.29. The van der Waals surface area contributed by atoms with Crippen LogP contribution in [0.2, 0.25) is 0 Å². The molecule has 0 amide bonds. The number of hydrogen-bond acceptors (Lipinski definition) is 2. The lowest BCUT2D eigenvalue weighted by Crippen LogP contribution is -2.45. The summed E-state index contributed by atoms with van der Waals surface area (Å²) in [5.41, 5.74) is 0.421. The highest BCUT2D eigenvalue weighted by atomic mass is 15.3. The van der Waals surface area contributed by atoms with Gasteiger partial charge in [-0.1, -0.05) is 20.8 Å². The molecule has 1 aliphatic heterocycles. The Kier molecular flexibility index (Phi) is 5.53. The Balaban J connectivity index is 1.68. The molecule has 2 fully saturated rings. The van der Waals surface area contributed by atoms with Crippen molar-refractivity contribution in [1.82, 2.24) is 15.5 Å². The second kappa shape index (κ2) is 6.99. The van der Waals surface area contributed by atoms with Crippen LogP contribution in [0.4, 0.5) is 0 Å². The Morgan fingerprint density at radius 3 is 2.57 bits per heavy atom. The SMILES string of the molecule is CN=C(NCCCC(C)(C)C)NC1CC(C)N(C2CC2)C1. The van der Waals surface area contributed by atoms with E-state index in [2.05, 4.69) is 48.2 Å². The van der Waals surface area contributed by atoms with E-state index in [4.69, 9.17) is 0 Å². The molecule has 2 N–H and O–H groups in total. The molecule has 1 saturated heterocycles. The van der Waals surface area contributed by atoms with Crippen LogP contribution < -0.4 is 10.6 Å². The van der Waals surface area contributed by atoms with E-state index >= 15 is 0 Å². The first-order valence-corrected chi connectivity index (χ1v) is 8.62. The maximum absolute atomic E-state index is 4.37. The minimum Gasteiger partial charge on any atom is -0.356 e. The summed E-state index contributed by atoms with van der Waals surface area (Å²) in [6.07, 6.45) is 6.47. The van der Waals surface area contributed by atoms with Crippen LogP contribution >= 0.6 is 0 Å². The molecular weight excluding hydrogens is 260 g/mol. The van der Waals surface area contributed by atoms with Crippen molar-refractivity contribution in [2.45, 2.75) is 77.9 Å². The standard InChI is InChI=1S/C17H34N4/c1-13-11-14(12-21(13)15-7-8-15)20-16(18-5)19-10-6-9-17(2,3)4/h13-15H,6-12H2,1-5H3,(H2,18,19,20). The van der Waals surface area contributed by atoms with E-state index in [0.717, 1.165) is 18.5 Å². The number of rotatable bonds is 5. The predicted molar refractivity (Wildman–Crippen MR) is 90.8 cm³/mol. The predicted octanol–water partition coefficient (Wildman–Crippen LogP) is 2.60. The van der Waals surface area contributed by atoms with Crippen LogP contribution in [-0.4, -0.2) is 49.1 Å². The molecule has 2 unspecified atom stereocenters. The number of nitrogens with one attached hydrogen (secondary N) is 2. The first-order valence-electron chi connectivity index (χ1n) is 8.62. The molecule has 1 aliphatic carbocycles. The molecule has 2 atom stereocenters. The van der Waals surface area contributed by atoms with Gasteiger partial charge in [0.05, 0.1) is 0 Å². The Morgan fingerprint density at radius 2 is 2.00 bits per heavy atom. The molecule has 0 aromatic carbocycles. The summed E-state index contributed by atoms with van der Waals surface area (Å²) in [6.45, 7) is 11.4. The fraction of sp³-hybridized carbons (Fsp3) is 0.941. The van der Waals surface area contributed by atoms with Crippen LogP contribution in [0.1, 0.15) is 59.8 Å². The van der Waals surface area contributed by atoms with E-state index in [1.807, 2.05) is 7.05 Å². The Morgan fingerprint density at radius 1 is 1.29 bits per heavy atom. The number of aliphatic imine (C=N–C) groups is 1. The van der Waals surface area contributed by atoms with Gasteiger partial charge in [0.2, 0.25) is 0 Å². The molecule has 2 aliphatic rings. The molecule has 0 aromatic rings. The van der Waals surface area contributed by atoms with Crippen LogP contribution in [0.25, 0.3) is 0 Å². The van der Waals surface area contributed by atoms with Gasteiger partial charge in [0.1, 0.15) is 0 Å². The normalized spacial score (nSPS) is 28.0. The molecule has 0 spiro atoms. The van der Waals surface area contributed by atoms with Gasteiger partial charge in [0.15, 0.2) is 5.96 Å². The third-order valence-electron chi connectivity index (χ3n) is 4.60. The second-order valence-electron chi connectivity index (χ2n) is 8.02. The fourth-order valence-electron chi connectivity index (χ4n) is 3.29. The van der Waals surface area contributed by atoms with Gasteiger partial charge in [-0.05, 0) is 44.4 Å². The quantitative estimate of drug-likeness (QED) is 0.465. The molecule has 0 bridgehead atoms. The molecule has 122 valence electrons. The topological polar surface area (TPSA) is 39.7 Å². The van der Waals surface area contributed by atoms with E-state index < -0.39 is 0 Å². The molecule has 0 aromatic heterocycles. The number of likely N-dealkylation sites (tertiary alicyclic amines) is 1. The van der Waals surface area contributed by atoms with Crippen molar-refractivity contribution in [3.05, 3.63) is 0 Å². The molecule has 1 heterocycles. The van der Waals surface area contributed by atoms with Crippen molar-refractivity contribution in [1.29, 1.82) is 0 Å². The summed E-state index contributed by atoms with van der Waals surface area (Å²) in [5, 5.41) is 7.07. The van der Waals surface area contributed by atoms with Crippen molar-refractivity contribution >= 4 is 5.96 Å². The maximum atomic E-state index is 4.37. The highest BCUT2D eigenvalue weighted by Crippen LogP contribution is 2.33. The van der Waals surface area contributed by atoms with Crippen molar-refractivity contribution < 1.29 is 0 Å². The van der Waals surface area contributed by atoms with Gasteiger partial charge in [0.25, 0.3) is 0 Å². The minimum absolute atomic E-state index is 0.421. The molecule has 2 rings (SSSR count). The first kappa shape index (κ1) is 16.6. The number of nitrogens with zero attached hydrogens (tertiary/aromatic N) is 2. The Hall–Kier alpha value is -0.770. The van der Waals surface area contributed by atoms with Gasteiger partial charge in [-0.15, -0.1) is 0 Å². The van der Waals surface area contributed by atoms with E-state index in [9.17, 15) is 0 Å². The number of hydrogen-bond donors (Lipinski definition) is 2. The summed E-state index contributed by atoms with van der Waals surface area (Å²) in [4.78, 5) is 7.04. The first-order chi connectivity index (χ1) is 9.89. The largest absolute Gasteiger partial charge is 0.356 e. The Labute approximate surface area is 130 Å². The van der Waals surface area contributed by atoms with Crippen molar-refractivity contribution in [2.24, 2.45) is 10.4 Å². The lowest BCUT2D eigenvalue weighted by atomic mass is 9.91. The highest BCUT2D eigenvalue weighted by molar-refractivity contribution is 5.80. The van der Waals surface area contributed by atoms with Crippen LogP contribution in [0.3, 0.4) is 0 Å². The van der Waals surface area contributed by atoms with Gasteiger partial charge >= 0.3 is 0 Å². The summed E-state index contributed by atoms with van der Waals surface area (Å²) in [5.74, 6) is 0.971. The summed E-state index contributed by atoms with van der Waals surface area (Å²) >= 11 is 0. The Bertz CT molecular complexity index is 354. The maximum Gasteiger partial charge on any atom is 0.191 e. The van der Waals surface area contributed by atoms with Gasteiger partial charge in [-0.25, -0.2) is 0 Å². The zero-order valence-electron chi connectivity index (χ0n) is 14.6. The third kappa shape index (κ3) is 5.50. The monoisotopic (exact) mass is 294 g/mol. The molecule has 4 heteroatoms. The zero-order valence-corrected chi connectivity index (χ0v) is 14.6. The summed E-state index contributed by atoms with van der Waals surface area (Å²) in [6, 6.07) is 2.14. The van der Waals surface area contributed by atoms with Crippen LogP contribution in [0.5, 0.6) is 0 Å². The third-order valence-corrected chi connectivity index (χ3v) is 4.60. The van der Waals surface area contributed by atoms with Crippen molar-refractivity contribution in [2.75, 3.05) is 20.1 Å². The summed E-state index contributed by atoms with van der Waals surface area (Å²) < 4.78 is 0. The highest BCUT2D eigenvalue weighted by Gasteiger charge is 2.38. The minimum atomic E-state index is 0.421. The lowest BCUT2D eigenvalue weighted by Gasteiger charge is -2.21. The van der Waals surface area contributed by atoms with Crippen LogP contribution in [0.15, 0.2) is 4.99 Å².